The molecule has 0 radical (unpaired) electrons. The summed E-state index contributed by atoms with van der Waals surface area (Å²) in [7, 11) is 0. The van der Waals surface area contributed by atoms with Crippen LogP contribution in [-0.4, -0.2) is 32.8 Å². The molecule has 3 aromatic rings. The average molecular weight is 484 g/mol. The van der Waals surface area contributed by atoms with Gasteiger partial charge >= 0.3 is 6.18 Å². The number of fused-ring (bicyclic) bond motifs is 3. The molecule has 186 valence electrons. The normalized spacial score (nSPS) is 24.7. The number of pyridine rings is 1. The Morgan fingerprint density at radius 2 is 1.94 bits per heavy atom. The Bertz CT molecular complexity index is 1280. The molecule has 1 saturated carbocycles. The van der Waals surface area contributed by atoms with Crippen molar-refractivity contribution in [2.75, 3.05) is 6.54 Å². The Balaban J connectivity index is 1.54. The predicted octanol–water partition coefficient (Wildman–Crippen LogP) is 6.61. The van der Waals surface area contributed by atoms with Gasteiger partial charge in [0.2, 0.25) is 5.91 Å². The molecule has 3 heterocycles. The second-order valence-corrected chi connectivity index (χ2v) is 11.7. The summed E-state index contributed by atoms with van der Waals surface area (Å²) >= 11 is 0. The van der Waals surface area contributed by atoms with E-state index in [1.165, 1.54) is 12.1 Å². The van der Waals surface area contributed by atoms with Crippen LogP contribution in [0.5, 0.6) is 0 Å². The third-order valence-corrected chi connectivity index (χ3v) is 7.85. The fourth-order valence-electron chi connectivity index (χ4n) is 6.80. The molecule has 1 aromatic carbocycles. The summed E-state index contributed by atoms with van der Waals surface area (Å²) in [4.78, 5) is 20.3. The van der Waals surface area contributed by atoms with E-state index in [-0.39, 0.29) is 29.2 Å². The van der Waals surface area contributed by atoms with Crippen LogP contribution in [0.4, 0.5) is 13.2 Å². The number of carbonyl (C=O) groups is 1. The first-order valence-electron chi connectivity index (χ1n) is 12.2. The summed E-state index contributed by atoms with van der Waals surface area (Å²) in [5.41, 5.74) is 2.48. The number of nitrogens with zero attached hydrogens (tertiary/aromatic N) is 3. The Kier molecular flexibility index (Phi) is 5.53. The van der Waals surface area contributed by atoms with Gasteiger partial charge in [-0.15, -0.1) is 0 Å². The zero-order valence-electron chi connectivity index (χ0n) is 20.7. The smallest absolute Gasteiger partial charge is 0.339 e. The van der Waals surface area contributed by atoms with Crippen molar-refractivity contribution in [3.05, 3.63) is 71.2 Å². The number of rotatable bonds is 4. The summed E-state index contributed by atoms with van der Waals surface area (Å²) in [6.45, 7) is 9.44. The summed E-state index contributed by atoms with van der Waals surface area (Å²) < 4.78 is 42.6. The number of aryl methyl sites for hydroxylation is 1. The molecule has 35 heavy (non-hydrogen) atoms. The Morgan fingerprint density at radius 3 is 2.69 bits per heavy atom. The molecule has 2 aliphatic rings. The van der Waals surface area contributed by atoms with Crippen molar-refractivity contribution in [2.45, 2.75) is 71.5 Å². The lowest BCUT2D eigenvalue weighted by atomic mass is 9.65. The van der Waals surface area contributed by atoms with E-state index in [1.54, 1.807) is 12.3 Å². The predicted molar refractivity (Wildman–Crippen MR) is 129 cm³/mol. The van der Waals surface area contributed by atoms with Gasteiger partial charge in [0.15, 0.2) is 0 Å². The lowest BCUT2D eigenvalue weighted by Gasteiger charge is -2.39. The summed E-state index contributed by atoms with van der Waals surface area (Å²) in [6, 6.07) is 9.40. The van der Waals surface area contributed by atoms with Crippen molar-refractivity contribution in [1.82, 2.24) is 14.3 Å². The number of alkyl halides is 3. The molecule has 1 aliphatic heterocycles. The second-order valence-electron chi connectivity index (χ2n) is 11.7. The van der Waals surface area contributed by atoms with Crippen LogP contribution in [0.2, 0.25) is 0 Å². The highest BCUT2D eigenvalue weighted by Gasteiger charge is 2.51. The van der Waals surface area contributed by atoms with Crippen LogP contribution in [0, 0.1) is 17.8 Å². The molecule has 0 N–H and O–H groups in total. The highest BCUT2D eigenvalue weighted by molar-refractivity contribution is 5.78. The quantitative estimate of drug-likeness (QED) is 0.419. The topological polar surface area (TPSA) is 37.6 Å². The molecule has 1 amide bonds. The standard InChI is InChI=1S/C28H32F3N3O/c1-18-7-6-10-33-23(15-32-25(18)33)22(19-8-5-9-20(11-19)28(29,30)31)12-24(35)34-17-27(4)14-21(34)13-26(2,3)16-27/h5-11,15,21-22H,12-14,16-17H2,1-4H3. The van der Waals surface area contributed by atoms with Crippen molar-refractivity contribution in [3.63, 3.8) is 0 Å². The van der Waals surface area contributed by atoms with Gasteiger partial charge in [0.05, 0.1) is 11.3 Å². The summed E-state index contributed by atoms with van der Waals surface area (Å²) in [6.07, 6.45) is 2.24. The maximum atomic E-state index is 13.8. The van der Waals surface area contributed by atoms with E-state index in [1.807, 2.05) is 34.6 Å². The van der Waals surface area contributed by atoms with E-state index < -0.39 is 17.7 Å². The van der Waals surface area contributed by atoms with Crippen LogP contribution >= 0.6 is 0 Å². The molecule has 2 fully saturated rings. The number of halogens is 3. The zero-order valence-corrected chi connectivity index (χ0v) is 20.7. The van der Waals surface area contributed by atoms with Crippen LogP contribution in [0.1, 0.15) is 74.8 Å². The molecule has 2 aromatic heterocycles. The third-order valence-electron chi connectivity index (χ3n) is 7.85. The number of amides is 1. The van der Waals surface area contributed by atoms with Crippen LogP contribution in [0.3, 0.4) is 0 Å². The molecule has 4 nitrogen and oxygen atoms in total. The minimum atomic E-state index is -4.45. The Hall–Kier alpha value is -2.83. The molecule has 7 heteroatoms. The molecule has 1 aliphatic carbocycles. The van der Waals surface area contributed by atoms with E-state index in [9.17, 15) is 18.0 Å². The molecular formula is C28H32F3N3O. The van der Waals surface area contributed by atoms with Crippen LogP contribution in [0.25, 0.3) is 5.65 Å². The van der Waals surface area contributed by atoms with E-state index in [0.29, 0.717) is 12.1 Å². The molecule has 2 bridgehead atoms. The summed E-state index contributed by atoms with van der Waals surface area (Å²) in [5, 5.41) is 0. The highest BCUT2D eigenvalue weighted by Crippen LogP contribution is 2.53. The van der Waals surface area contributed by atoms with Gasteiger partial charge in [-0.25, -0.2) is 4.98 Å². The first-order chi connectivity index (χ1) is 16.4. The molecule has 1 saturated heterocycles. The van der Waals surface area contributed by atoms with Gasteiger partial charge in [0, 0.05) is 37.3 Å². The number of carbonyl (C=O) groups excluding carboxylic acids is 1. The van der Waals surface area contributed by atoms with Crippen LogP contribution in [-0.2, 0) is 11.0 Å². The fraction of sp³-hybridized carbons (Fsp3) is 0.500. The van der Waals surface area contributed by atoms with Crippen molar-refractivity contribution >= 4 is 11.6 Å². The van der Waals surface area contributed by atoms with Gasteiger partial charge in [-0.05, 0) is 60.3 Å². The molecule has 0 spiro atoms. The monoisotopic (exact) mass is 483 g/mol. The number of benzene rings is 1. The number of hydrogen-bond acceptors (Lipinski definition) is 2. The van der Waals surface area contributed by atoms with E-state index in [2.05, 4.69) is 25.8 Å². The highest BCUT2D eigenvalue weighted by atomic mass is 19.4. The molecular weight excluding hydrogens is 451 g/mol. The minimum Gasteiger partial charge on any atom is -0.339 e. The van der Waals surface area contributed by atoms with Gasteiger partial charge in [0.1, 0.15) is 5.65 Å². The molecule has 5 rings (SSSR count). The zero-order chi connectivity index (χ0) is 25.2. The SMILES string of the molecule is Cc1cccn2c(C(CC(=O)N3CC4(C)CC3CC(C)(C)C4)c3cccc(C(F)(F)F)c3)cnc12. The lowest BCUT2D eigenvalue weighted by Crippen LogP contribution is -2.38. The Labute approximate surface area is 204 Å². The fourth-order valence-corrected chi connectivity index (χ4v) is 6.80. The van der Waals surface area contributed by atoms with Gasteiger partial charge in [-0.1, -0.05) is 45.0 Å². The minimum absolute atomic E-state index is 0.00133. The second kappa shape index (κ2) is 8.10. The van der Waals surface area contributed by atoms with E-state index >= 15 is 0 Å². The lowest BCUT2D eigenvalue weighted by molar-refractivity contribution is -0.137. The van der Waals surface area contributed by atoms with Crippen LogP contribution in [0.15, 0.2) is 48.8 Å². The molecule has 3 atom stereocenters. The number of hydrogen-bond donors (Lipinski definition) is 0. The van der Waals surface area contributed by atoms with Crippen LogP contribution < -0.4 is 0 Å². The van der Waals surface area contributed by atoms with Crippen molar-refractivity contribution in [2.24, 2.45) is 10.8 Å². The number of likely N-dealkylation sites (tertiary alicyclic amines) is 1. The van der Waals surface area contributed by atoms with Crippen molar-refractivity contribution in [3.8, 4) is 0 Å². The first-order valence-corrected chi connectivity index (χ1v) is 12.2. The van der Waals surface area contributed by atoms with Crippen molar-refractivity contribution in [1.29, 1.82) is 0 Å². The maximum absolute atomic E-state index is 13.8. The number of aromatic nitrogens is 2. The van der Waals surface area contributed by atoms with Crippen molar-refractivity contribution < 1.29 is 18.0 Å². The van der Waals surface area contributed by atoms with E-state index in [0.717, 1.165) is 42.2 Å². The number of imidazole rings is 1. The third kappa shape index (κ3) is 4.45. The average Bonchev–Trinajstić information content (AvgIpc) is 3.29. The van der Waals surface area contributed by atoms with Gasteiger partial charge in [-0.3, -0.25) is 4.79 Å². The maximum Gasteiger partial charge on any atom is 0.416 e. The van der Waals surface area contributed by atoms with Gasteiger partial charge < -0.3 is 9.30 Å². The van der Waals surface area contributed by atoms with E-state index in [4.69, 9.17) is 0 Å². The molecule has 3 unspecified atom stereocenters. The van der Waals surface area contributed by atoms with Gasteiger partial charge in [0.25, 0.3) is 0 Å². The largest absolute Gasteiger partial charge is 0.416 e. The first kappa shape index (κ1) is 23.9. The van der Waals surface area contributed by atoms with Gasteiger partial charge in [-0.2, -0.15) is 13.2 Å². The summed E-state index contributed by atoms with van der Waals surface area (Å²) in [5.74, 6) is -0.538. The Morgan fingerprint density at radius 1 is 1.17 bits per heavy atom.